The van der Waals surface area contributed by atoms with Crippen LogP contribution >= 0.6 is 34.2 Å². The summed E-state index contributed by atoms with van der Waals surface area (Å²) < 4.78 is 1.19. The zero-order valence-electron chi connectivity index (χ0n) is 12.4. The second-order valence-electron chi connectivity index (χ2n) is 6.38. The van der Waals surface area contributed by atoms with E-state index >= 15 is 0 Å². The van der Waals surface area contributed by atoms with Gasteiger partial charge in [-0.2, -0.15) is 0 Å². The van der Waals surface area contributed by atoms with Gasteiger partial charge in [-0.05, 0) is 78.9 Å². The van der Waals surface area contributed by atoms with Gasteiger partial charge < -0.3 is 10.6 Å². The van der Waals surface area contributed by atoms with Crippen molar-refractivity contribution in [2.24, 2.45) is 5.92 Å². The predicted molar refractivity (Wildman–Crippen MR) is 99.2 cm³/mol. The summed E-state index contributed by atoms with van der Waals surface area (Å²) in [5, 5.41) is 8.35. The summed E-state index contributed by atoms with van der Waals surface area (Å²) >= 11 is 8.71. The van der Waals surface area contributed by atoms with E-state index in [1.165, 1.54) is 55.1 Å². The van der Waals surface area contributed by atoms with E-state index in [0.29, 0.717) is 12.1 Å². The minimum atomic E-state index is 0.562. The van der Waals surface area contributed by atoms with Crippen LogP contribution in [0.3, 0.4) is 0 Å². The molecule has 2 aliphatic rings. The van der Waals surface area contributed by atoms with Crippen molar-refractivity contribution in [3.05, 3.63) is 26.8 Å². The van der Waals surface area contributed by atoms with Crippen LogP contribution in [0, 0.1) is 9.49 Å². The molecule has 1 aromatic carbocycles. The Morgan fingerprint density at radius 3 is 2.67 bits per heavy atom. The third kappa shape index (κ3) is 4.05. The number of hydrogen-bond acceptors (Lipinski definition) is 2. The molecule has 21 heavy (non-hydrogen) atoms. The summed E-state index contributed by atoms with van der Waals surface area (Å²) in [5.41, 5.74) is 1.10. The third-order valence-corrected chi connectivity index (χ3v) is 5.94. The Balaban J connectivity index is 1.71. The average Bonchev–Trinajstić information content (AvgIpc) is 2.51. The molecule has 2 N–H and O–H groups in total. The van der Waals surface area contributed by atoms with Gasteiger partial charge in [0.1, 0.15) is 0 Å². The van der Waals surface area contributed by atoms with E-state index in [-0.39, 0.29) is 0 Å². The van der Waals surface area contributed by atoms with E-state index < -0.39 is 0 Å². The van der Waals surface area contributed by atoms with Crippen molar-refractivity contribution in [3.63, 3.8) is 0 Å². The molecule has 116 valence electrons. The van der Waals surface area contributed by atoms with Crippen LogP contribution in [0.5, 0.6) is 0 Å². The molecule has 3 unspecified atom stereocenters. The zero-order valence-corrected chi connectivity index (χ0v) is 15.3. The molecule has 1 aliphatic carbocycles. The van der Waals surface area contributed by atoms with Crippen molar-refractivity contribution in [2.75, 3.05) is 11.9 Å². The summed E-state index contributed by atoms with van der Waals surface area (Å²) in [4.78, 5) is 0. The van der Waals surface area contributed by atoms with E-state index in [9.17, 15) is 0 Å². The first kappa shape index (κ1) is 15.9. The lowest BCUT2D eigenvalue weighted by Gasteiger charge is -2.40. The molecule has 1 saturated carbocycles. The fraction of sp³-hybridized carbons (Fsp3) is 0.647. The minimum Gasteiger partial charge on any atom is -0.381 e. The van der Waals surface area contributed by atoms with Crippen molar-refractivity contribution >= 4 is 39.9 Å². The highest BCUT2D eigenvalue weighted by Gasteiger charge is 2.32. The van der Waals surface area contributed by atoms with Gasteiger partial charge in [0.15, 0.2) is 0 Å². The smallest absolute Gasteiger partial charge is 0.0648 e. The molecule has 1 aromatic rings. The highest BCUT2D eigenvalue weighted by atomic mass is 127. The highest BCUT2D eigenvalue weighted by Crippen LogP contribution is 2.34. The fourth-order valence-electron chi connectivity index (χ4n) is 3.87. The average molecular weight is 419 g/mol. The predicted octanol–water partition coefficient (Wildman–Crippen LogP) is 5.06. The molecule has 0 radical (unpaired) electrons. The molecule has 2 fully saturated rings. The summed E-state index contributed by atoms with van der Waals surface area (Å²) in [6, 6.07) is 7.56. The number of halogens is 2. The van der Waals surface area contributed by atoms with E-state index in [4.69, 9.17) is 11.6 Å². The molecule has 4 heteroatoms. The maximum Gasteiger partial charge on any atom is 0.0648 e. The largest absolute Gasteiger partial charge is 0.381 e. The second kappa shape index (κ2) is 7.51. The van der Waals surface area contributed by atoms with E-state index in [1.807, 2.05) is 6.07 Å². The number of rotatable bonds is 3. The molecule has 0 bridgehead atoms. The summed E-state index contributed by atoms with van der Waals surface area (Å²) in [6.07, 6.45) is 9.38. The van der Waals surface area contributed by atoms with Gasteiger partial charge in [-0.1, -0.05) is 30.9 Å². The van der Waals surface area contributed by atoms with Crippen molar-refractivity contribution in [3.8, 4) is 0 Å². The van der Waals surface area contributed by atoms with Crippen LogP contribution in [0.1, 0.15) is 44.9 Å². The van der Waals surface area contributed by atoms with Crippen LogP contribution in [0.4, 0.5) is 5.69 Å². The lowest BCUT2D eigenvalue weighted by Crippen LogP contribution is -2.48. The maximum absolute atomic E-state index is 6.40. The molecule has 0 amide bonds. The minimum absolute atomic E-state index is 0.562. The quantitative estimate of drug-likeness (QED) is 0.671. The van der Waals surface area contributed by atoms with Crippen LogP contribution in [0.15, 0.2) is 18.2 Å². The van der Waals surface area contributed by atoms with Gasteiger partial charge in [-0.25, -0.2) is 0 Å². The molecule has 1 saturated heterocycles. The van der Waals surface area contributed by atoms with Crippen molar-refractivity contribution < 1.29 is 0 Å². The van der Waals surface area contributed by atoms with Crippen LogP contribution in [-0.4, -0.2) is 18.6 Å². The van der Waals surface area contributed by atoms with Gasteiger partial charge >= 0.3 is 0 Å². The molecule has 1 heterocycles. The first-order valence-electron chi connectivity index (χ1n) is 8.19. The number of benzene rings is 1. The molecule has 3 rings (SSSR count). The maximum atomic E-state index is 6.40. The van der Waals surface area contributed by atoms with Gasteiger partial charge in [0.25, 0.3) is 0 Å². The van der Waals surface area contributed by atoms with Gasteiger partial charge in [0, 0.05) is 15.7 Å². The molecule has 1 aliphatic heterocycles. The van der Waals surface area contributed by atoms with E-state index in [2.05, 4.69) is 45.4 Å². The Bertz CT molecular complexity index is 474. The molecule has 0 spiro atoms. The fourth-order valence-corrected chi connectivity index (χ4v) is 4.78. The Kier molecular flexibility index (Phi) is 5.68. The van der Waals surface area contributed by atoms with Crippen molar-refractivity contribution in [2.45, 2.75) is 57.0 Å². The van der Waals surface area contributed by atoms with Gasteiger partial charge in [-0.3, -0.25) is 0 Å². The van der Waals surface area contributed by atoms with E-state index in [0.717, 1.165) is 16.6 Å². The Morgan fingerprint density at radius 1 is 1.10 bits per heavy atom. The molecular formula is C17H24ClIN2. The summed E-state index contributed by atoms with van der Waals surface area (Å²) in [6.45, 7) is 1.19. The summed E-state index contributed by atoms with van der Waals surface area (Å²) in [5.74, 6) is 0.745. The van der Waals surface area contributed by atoms with Crippen LogP contribution in [-0.2, 0) is 0 Å². The monoisotopic (exact) mass is 418 g/mol. The standard InChI is InChI=1S/C17H24ClIN2/c18-14-11-12(19)8-9-17(14)21-16-7-2-1-5-13(16)15-6-3-4-10-20-15/h8-9,11,13,15-16,20-21H,1-7,10H2. The number of anilines is 1. The molecular weight excluding hydrogens is 395 g/mol. The number of hydrogen-bond donors (Lipinski definition) is 2. The lowest BCUT2D eigenvalue weighted by molar-refractivity contribution is 0.217. The number of piperidine rings is 1. The van der Waals surface area contributed by atoms with Crippen LogP contribution < -0.4 is 10.6 Å². The third-order valence-electron chi connectivity index (χ3n) is 4.96. The zero-order chi connectivity index (χ0) is 14.7. The van der Waals surface area contributed by atoms with Gasteiger partial charge in [0.05, 0.1) is 10.7 Å². The van der Waals surface area contributed by atoms with Crippen LogP contribution in [0.2, 0.25) is 5.02 Å². The first-order valence-corrected chi connectivity index (χ1v) is 9.65. The lowest BCUT2D eigenvalue weighted by atomic mass is 9.77. The Morgan fingerprint density at radius 2 is 1.90 bits per heavy atom. The van der Waals surface area contributed by atoms with Crippen molar-refractivity contribution in [1.29, 1.82) is 0 Å². The second-order valence-corrected chi connectivity index (χ2v) is 8.03. The SMILES string of the molecule is Clc1cc(I)ccc1NC1CCCCC1C1CCCCN1. The Labute approximate surface area is 146 Å². The highest BCUT2D eigenvalue weighted by molar-refractivity contribution is 14.1. The van der Waals surface area contributed by atoms with Gasteiger partial charge in [-0.15, -0.1) is 0 Å². The van der Waals surface area contributed by atoms with Crippen LogP contribution in [0.25, 0.3) is 0 Å². The Hall–Kier alpha value is -0.000000000000000132. The molecule has 2 nitrogen and oxygen atoms in total. The van der Waals surface area contributed by atoms with Gasteiger partial charge in [0.2, 0.25) is 0 Å². The van der Waals surface area contributed by atoms with Crippen molar-refractivity contribution in [1.82, 2.24) is 5.32 Å². The number of nitrogens with one attached hydrogen (secondary N) is 2. The normalized spacial score (nSPS) is 30.1. The topological polar surface area (TPSA) is 24.1 Å². The first-order chi connectivity index (χ1) is 10.2. The molecule has 3 atom stereocenters. The summed E-state index contributed by atoms with van der Waals surface area (Å²) in [7, 11) is 0. The molecule has 0 aromatic heterocycles. The van der Waals surface area contributed by atoms with E-state index in [1.54, 1.807) is 0 Å².